The van der Waals surface area contributed by atoms with Gasteiger partial charge in [0.2, 0.25) is 0 Å². The molecule has 0 bridgehead atoms. The second-order valence-electron chi connectivity index (χ2n) is 3.23. The van der Waals surface area contributed by atoms with Crippen molar-refractivity contribution in [3.05, 3.63) is 35.2 Å². The Morgan fingerprint density at radius 2 is 2.25 bits per heavy atom. The molecule has 0 saturated carbocycles. The topological polar surface area (TPSA) is 37.9 Å². The monoisotopic (exact) mass is 256 g/mol. The van der Waals surface area contributed by atoms with Crippen molar-refractivity contribution in [2.75, 3.05) is 7.11 Å². The van der Waals surface area contributed by atoms with Gasteiger partial charge in [-0.3, -0.25) is 0 Å². The van der Waals surface area contributed by atoms with E-state index in [1.807, 2.05) is 18.2 Å². The summed E-state index contributed by atoms with van der Waals surface area (Å²) in [6.45, 7) is 0. The van der Waals surface area contributed by atoms with Crippen molar-refractivity contribution in [2.24, 2.45) is 0 Å². The Labute approximate surface area is 103 Å². The molecule has 0 aliphatic heterocycles. The van der Waals surface area contributed by atoms with E-state index in [1.165, 1.54) is 0 Å². The summed E-state index contributed by atoms with van der Waals surface area (Å²) >= 11 is 11.7. The Balaban J connectivity index is 2.37. The minimum Gasteiger partial charge on any atom is -0.495 e. The Kier molecular flexibility index (Phi) is 3.36. The van der Waals surface area contributed by atoms with Crippen LogP contribution in [0.3, 0.4) is 0 Å². The molecular weight excluding hydrogens is 247 g/mol. The number of aromatic amines is 1. The van der Waals surface area contributed by atoms with Crippen LogP contribution in [0.1, 0.15) is 5.82 Å². The van der Waals surface area contributed by atoms with Gasteiger partial charge in [0.1, 0.15) is 11.6 Å². The van der Waals surface area contributed by atoms with E-state index in [1.54, 1.807) is 13.3 Å². The Morgan fingerprint density at radius 3 is 2.81 bits per heavy atom. The summed E-state index contributed by atoms with van der Waals surface area (Å²) in [6, 6.07) is 5.56. The van der Waals surface area contributed by atoms with E-state index in [4.69, 9.17) is 27.9 Å². The lowest BCUT2D eigenvalue weighted by Crippen LogP contribution is -1.85. The van der Waals surface area contributed by atoms with E-state index in [9.17, 15) is 0 Å². The normalized spacial score (nSPS) is 10.4. The molecule has 0 atom stereocenters. The largest absolute Gasteiger partial charge is 0.495 e. The van der Waals surface area contributed by atoms with Crippen LogP contribution in [0.25, 0.3) is 11.3 Å². The average molecular weight is 257 g/mol. The first-order valence-corrected chi connectivity index (χ1v) is 5.59. The van der Waals surface area contributed by atoms with Crippen molar-refractivity contribution < 1.29 is 4.74 Å². The first-order valence-electron chi connectivity index (χ1n) is 4.68. The predicted octanol–water partition coefficient (Wildman–Crippen LogP) is 3.48. The third-order valence-electron chi connectivity index (χ3n) is 2.22. The average Bonchev–Trinajstić information content (AvgIpc) is 2.77. The number of hydrogen-bond acceptors (Lipinski definition) is 2. The van der Waals surface area contributed by atoms with Gasteiger partial charge < -0.3 is 9.72 Å². The molecule has 0 aliphatic rings. The Bertz CT molecular complexity index is 496. The Hall–Kier alpha value is -1.19. The molecule has 2 rings (SSSR count). The van der Waals surface area contributed by atoms with Gasteiger partial charge in [0.05, 0.1) is 29.9 Å². The number of hydrogen-bond donors (Lipinski definition) is 1. The second-order valence-corrected chi connectivity index (χ2v) is 3.90. The molecule has 0 amide bonds. The fourth-order valence-corrected chi connectivity index (χ4v) is 1.80. The lowest BCUT2D eigenvalue weighted by Gasteiger charge is -2.04. The minimum absolute atomic E-state index is 0.365. The van der Waals surface area contributed by atoms with E-state index in [-0.39, 0.29) is 0 Å². The van der Waals surface area contributed by atoms with Crippen molar-refractivity contribution in [3.63, 3.8) is 0 Å². The number of ether oxygens (including phenoxy) is 1. The second kappa shape index (κ2) is 4.76. The Morgan fingerprint density at radius 1 is 1.44 bits per heavy atom. The summed E-state index contributed by atoms with van der Waals surface area (Å²) in [4.78, 5) is 7.22. The number of H-pyrrole nitrogens is 1. The third kappa shape index (κ3) is 2.15. The summed E-state index contributed by atoms with van der Waals surface area (Å²) in [6.07, 6.45) is 1.73. The van der Waals surface area contributed by atoms with Gasteiger partial charge in [0.15, 0.2) is 0 Å². The number of halogens is 2. The molecule has 0 spiro atoms. The number of nitrogens with zero attached hydrogens (tertiary/aromatic N) is 1. The first kappa shape index (κ1) is 11.3. The molecule has 0 aliphatic carbocycles. The van der Waals surface area contributed by atoms with Crippen LogP contribution in [-0.4, -0.2) is 17.1 Å². The van der Waals surface area contributed by atoms with E-state index in [0.29, 0.717) is 16.7 Å². The molecule has 5 heteroatoms. The standard InChI is InChI=1S/C11H10Cl2N2O/c1-16-10-3-2-7(4-8(10)13)9-6-14-11(5-12)15-9/h2-4,6H,5H2,1H3,(H,14,15). The molecule has 1 aromatic heterocycles. The van der Waals surface area contributed by atoms with Crippen molar-refractivity contribution >= 4 is 23.2 Å². The van der Waals surface area contributed by atoms with E-state index < -0.39 is 0 Å². The SMILES string of the molecule is COc1ccc(-c2cnc(CCl)[nH]2)cc1Cl. The molecule has 0 radical (unpaired) electrons. The molecule has 1 heterocycles. The van der Waals surface area contributed by atoms with Crippen LogP contribution in [0.5, 0.6) is 5.75 Å². The molecule has 16 heavy (non-hydrogen) atoms. The highest BCUT2D eigenvalue weighted by Gasteiger charge is 2.06. The van der Waals surface area contributed by atoms with Crippen molar-refractivity contribution in [1.29, 1.82) is 0 Å². The van der Waals surface area contributed by atoms with E-state index in [2.05, 4.69) is 9.97 Å². The van der Waals surface area contributed by atoms with Crippen LogP contribution in [0.4, 0.5) is 0 Å². The van der Waals surface area contributed by atoms with Crippen molar-refractivity contribution in [1.82, 2.24) is 9.97 Å². The molecule has 2 aromatic rings. The number of nitrogens with one attached hydrogen (secondary N) is 1. The number of aromatic nitrogens is 2. The molecule has 1 aromatic carbocycles. The zero-order chi connectivity index (χ0) is 11.5. The number of rotatable bonds is 3. The number of methoxy groups -OCH3 is 1. The van der Waals surface area contributed by atoms with Crippen molar-refractivity contribution in [3.8, 4) is 17.0 Å². The van der Waals surface area contributed by atoms with Gasteiger partial charge in [-0.15, -0.1) is 11.6 Å². The zero-order valence-electron chi connectivity index (χ0n) is 8.63. The highest BCUT2D eigenvalue weighted by atomic mass is 35.5. The molecule has 1 N–H and O–H groups in total. The lowest BCUT2D eigenvalue weighted by molar-refractivity contribution is 0.415. The summed E-state index contributed by atoms with van der Waals surface area (Å²) in [5.41, 5.74) is 1.84. The minimum atomic E-state index is 0.365. The fraction of sp³-hybridized carbons (Fsp3) is 0.182. The molecule has 0 fully saturated rings. The quantitative estimate of drug-likeness (QED) is 0.855. The maximum absolute atomic E-state index is 6.03. The summed E-state index contributed by atoms with van der Waals surface area (Å²) in [5, 5.41) is 0.571. The third-order valence-corrected chi connectivity index (χ3v) is 2.77. The van der Waals surface area contributed by atoms with Crippen molar-refractivity contribution in [2.45, 2.75) is 5.88 Å². The lowest BCUT2D eigenvalue weighted by atomic mass is 10.1. The summed E-state index contributed by atoms with van der Waals surface area (Å²) < 4.78 is 5.08. The number of imidazole rings is 1. The maximum Gasteiger partial charge on any atom is 0.137 e. The van der Waals surface area contributed by atoms with Crippen LogP contribution in [-0.2, 0) is 5.88 Å². The highest BCUT2D eigenvalue weighted by molar-refractivity contribution is 6.32. The van der Waals surface area contributed by atoms with Gasteiger partial charge in [0.25, 0.3) is 0 Å². The van der Waals surface area contributed by atoms with Gasteiger partial charge in [-0.25, -0.2) is 4.98 Å². The molecule has 0 unspecified atom stereocenters. The molecule has 0 saturated heterocycles. The maximum atomic E-state index is 6.03. The summed E-state index contributed by atoms with van der Waals surface area (Å²) in [5.74, 6) is 1.76. The summed E-state index contributed by atoms with van der Waals surface area (Å²) in [7, 11) is 1.59. The number of alkyl halides is 1. The van der Waals surface area contributed by atoms with Gasteiger partial charge in [-0.2, -0.15) is 0 Å². The first-order chi connectivity index (χ1) is 7.74. The van der Waals surface area contributed by atoms with Gasteiger partial charge >= 0.3 is 0 Å². The molecule has 84 valence electrons. The smallest absolute Gasteiger partial charge is 0.137 e. The van der Waals surface area contributed by atoms with Crippen LogP contribution >= 0.6 is 23.2 Å². The van der Waals surface area contributed by atoms with Gasteiger partial charge in [-0.1, -0.05) is 11.6 Å². The van der Waals surface area contributed by atoms with Gasteiger partial charge in [0, 0.05) is 5.56 Å². The van der Waals surface area contributed by atoms with Gasteiger partial charge in [-0.05, 0) is 18.2 Å². The van der Waals surface area contributed by atoms with Crippen LogP contribution < -0.4 is 4.74 Å². The van der Waals surface area contributed by atoms with Crippen LogP contribution in [0, 0.1) is 0 Å². The van der Waals surface area contributed by atoms with E-state index >= 15 is 0 Å². The fourth-order valence-electron chi connectivity index (χ4n) is 1.41. The van der Waals surface area contributed by atoms with E-state index in [0.717, 1.165) is 17.1 Å². The highest BCUT2D eigenvalue weighted by Crippen LogP contribution is 2.29. The molecule has 3 nitrogen and oxygen atoms in total. The van der Waals surface area contributed by atoms with Crippen LogP contribution in [0.15, 0.2) is 24.4 Å². The predicted molar refractivity (Wildman–Crippen MR) is 65.1 cm³/mol. The zero-order valence-corrected chi connectivity index (χ0v) is 10.1. The molecular formula is C11H10Cl2N2O. The number of benzene rings is 1. The van der Waals surface area contributed by atoms with Crippen LogP contribution in [0.2, 0.25) is 5.02 Å².